The summed E-state index contributed by atoms with van der Waals surface area (Å²) in [5.74, 6) is 1.44. The van der Waals surface area contributed by atoms with E-state index in [0.717, 1.165) is 37.9 Å². The smallest absolute Gasteiger partial charge is 0.229 e. The van der Waals surface area contributed by atoms with Crippen LogP contribution in [0, 0.1) is 5.92 Å². The fourth-order valence-electron chi connectivity index (χ4n) is 4.00. The van der Waals surface area contributed by atoms with Crippen molar-refractivity contribution in [3.05, 3.63) is 36.4 Å². The Bertz CT molecular complexity index is 747. The molecule has 2 aromatic rings. The normalized spacial score (nSPS) is 20.9. The molecule has 3 heterocycles. The van der Waals surface area contributed by atoms with Gasteiger partial charge in [-0.05, 0) is 37.8 Å². The molecular weight excluding hydrogens is 328 g/mol. The van der Waals surface area contributed by atoms with Gasteiger partial charge in [-0.15, -0.1) is 0 Å². The lowest BCUT2D eigenvalue weighted by Gasteiger charge is -2.30. The van der Waals surface area contributed by atoms with Crippen molar-refractivity contribution < 1.29 is 4.79 Å². The fraction of sp³-hybridized carbons (Fsp3) is 0.526. The quantitative estimate of drug-likeness (QED) is 0.909. The number of aromatic nitrogens is 4. The number of carbonyl (C=O) groups excluding carboxylic acids is 1. The first kappa shape index (κ1) is 16.9. The molecule has 7 heteroatoms. The van der Waals surface area contributed by atoms with Crippen molar-refractivity contribution in [3.8, 4) is 0 Å². The van der Waals surface area contributed by atoms with Crippen LogP contribution < -0.4 is 5.32 Å². The van der Waals surface area contributed by atoms with Crippen LogP contribution in [0.15, 0.2) is 30.7 Å². The second kappa shape index (κ2) is 7.76. The maximum absolute atomic E-state index is 13.0. The van der Waals surface area contributed by atoms with Crippen molar-refractivity contribution in [2.24, 2.45) is 5.92 Å². The lowest BCUT2D eigenvalue weighted by molar-refractivity contribution is -0.137. The predicted molar refractivity (Wildman–Crippen MR) is 97.6 cm³/mol. The molecule has 1 atom stereocenters. The average Bonchev–Trinajstić information content (AvgIpc) is 3.19. The molecule has 0 unspecified atom stereocenters. The number of carbonyl (C=O) groups is 1. The minimum atomic E-state index is 0.0460. The first-order valence-electron chi connectivity index (χ1n) is 9.49. The molecule has 136 valence electrons. The summed E-state index contributed by atoms with van der Waals surface area (Å²) >= 11 is 0. The van der Waals surface area contributed by atoms with Crippen LogP contribution in [0.5, 0.6) is 0 Å². The lowest BCUT2D eigenvalue weighted by Crippen LogP contribution is -2.36. The number of hydrogen-bond acceptors (Lipinski definition) is 6. The average molecular weight is 352 g/mol. The highest BCUT2D eigenvalue weighted by molar-refractivity contribution is 5.79. The molecule has 1 saturated carbocycles. The van der Waals surface area contributed by atoms with E-state index >= 15 is 0 Å². The number of likely N-dealkylation sites (tertiary alicyclic amines) is 1. The van der Waals surface area contributed by atoms with Crippen LogP contribution in [0.25, 0.3) is 0 Å². The lowest BCUT2D eigenvalue weighted by atomic mass is 9.88. The standard InChI is InChI=1S/C19H24N6O/c26-17(14-6-2-1-3-7-14)25-13-4-8-16(25)15-9-12-22-19(23-15)24-18-20-10-5-11-21-18/h5,9-12,14,16H,1-4,6-8,13H2,(H,20,21,22,23,24)/t16-/m0/s1. The summed E-state index contributed by atoms with van der Waals surface area (Å²) in [6.45, 7) is 0.828. The molecule has 1 amide bonds. The molecule has 0 aromatic carbocycles. The van der Waals surface area contributed by atoms with Crippen LogP contribution in [0.1, 0.15) is 56.7 Å². The van der Waals surface area contributed by atoms with Crippen LogP contribution in [0.2, 0.25) is 0 Å². The molecular formula is C19H24N6O. The highest BCUT2D eigenvalue weighted by atomic mass is 16.2. The molecule has 1 aliphatic carbocycles. The van der Waals surface area contributed by atoms with Crippen molar-refractivity contribution in [2.75, 3.05) is 11.9 Å². The fourth-order valence-corrected chi connectivity index (χ4v) is 4.00. The zero-order chi connectivity index (χ0) is 17.8. The topological polar surface area (TPSA) is 83.9 Å². The van der Waals surface area contributed by atoms with Gasteiger partial charge in [-0.25, -0.2) is 19.9 Å². The third-order valence-electron chi connectivity index (χ3n) is 5.30. The number of amides is 1. The van der Waals surface area contributed by atoms with E-state index in [9.17, 15) is 4.79 Å². The monoisotopic (exact) mass is 352 g/mol. The minimum absolute atomic E-state index is 0.0460. The zero-order valence-corrected chi connectivity index (χ0v) is 14.8. The summed E-state index contributed by atoms with van der Waals surface area (Å²) in [5.41, 5.74) is 0.889. The van der Waals surface area contributed by atoms with Crippen LogP contribution >= 0.6 is 0 Å². The molecule has 2 aromatic heterocycles. The van der Waals surface area contributed by atoms with Gasteiger partial charge in [0.2, 0.25) is 17.8 Å². The van der Waals surface area contributed by atoms with Crippen LogP contribution in [0.3, 0.4) is 0 Å². The number of hydrogen-bond donors (Lipinski definition) is 1. The Balaban J connectivity index is 1.50. The molecule has 2 aliphatic rings. The van der Waals surface area contributed by atoms with Gasteiger partial charge in [0.25, 0.3) is 0 Å². The molecule has 1 aliphatic heterocycles. The van der Waals surface area contributed by atoms with E-state index in [-0.39, 0.29) is 12.0 Å². The maximum Gasteiger partial charge on any atom is 0.229 e. The van der Waals surface area contributed by atoms with E-state index in [1.807, 2.05) is 11.0 Å². The Labute approximate surface area is 153 Å². The molecule has 0 spiro atoms. The van der Waals surface area contributed by atoms with Gasteiger partial charge in [0.1, 0.15) is 0 Å². The Morgan fingerprint density at radius 3 is 2.54 bits per heavy atom. The third kappa shape index (κ3) is 3.66. The van der Waals surface area contributed by atoms with Gasteiger partial charge in [-0.2, -0.15) is 0 Å². The van der Waals surface area contributed by atoms with Crippen molar-refractivity contribution in [1.29, 1.82) is 0 Å². The SMILES string of the molecule is O=C(C1CCCCC1)N1CCC[C@H]1c1ccnc(Nc2ncccn2)n1. The minimum Gasteiger partial charge on any atom is -0.334 e. The summed E-state index contributed by atoms with van der Waals surface area (Å²) in [7, 11) is 0. The van der Waals surface area contributed by atoms with E-state index in [4.69, 9.17) is 0 Å². The number of nitrogens with one attached hydrogen (secondary N) is 1. The van der Waals surface area contributed by atoms with Gasteiger partial charge in [-0.3, -0.25) is 10.1 Å². The molecule has 1 N–H and O–H groups in total. The van der Waals surface area contributed by atoms with Crippen molar-refractivity contribution >= 4 is 17.8 Å². The predicted octanol–water partition coefficient (Wildman–Crippen LogP) is 3.25. The summed E-state index contributed by atoms with van der Waals surface area (Å²) in [5, 5.41) is 3.03. The summed E-state index contributed by atoms with van der Waals surface area (Å²) in [6.07, 6.45) is 12.7. The second-order valence-electron chi connectivity index (χ2n) is 7.03. The largest absolute Gasteiger partial charge is 0.334 e. The summed E-state index contributed by atoms with van der Waals surface area (Å²) in [4.78, 5) is 32.2. The van der Waals surface area contributed by atoms with E-state index in [2.05, 4.69) is 25.3 Å². The van der Waals surface area contributed by atoms with Crippen LogP contribution in [-0.4, -0.2) is 37.3 Å². The molecule has 7 nitrogen and oxygen atoms in total. The molecule has 4 rings (SSSR count). The molecule has 0 radical (unpaired) electrons. The Hall–Kier alpha value is -2.57. The first-order valence-corrected chi connectivity index (χ1v) is 9.49. The zero-order valence-electron chi connectivity index (χ0n) is 14.8. The summed E-state index contributed by atoms with van der Waals surface area (Å²) < 4.78 is 0. The summed E-state index contributed by atoms with van der Waals surface area (Å²) in [6, 6.07) is 3.72. The molecule has 0 bridgehead atoms. The Kier molecular flexibility index (Phi) is 5.04. The molecule has 26 heavy (non-hydrogen) atoms. The van der Waals surface area contributed by atoms with Gasteiger partial charge >= 0.3 is 0 Å². The van der Waals surface area contributed by atoms with Gasteiger partial charge in [0.05, 0.1) is 11.7 Å². The highest BCUT2D eigenvalue weighted by Crippen LogP contribution is 2.35. The van der Waals surface area contributed by atoms with Crippen molar-refractivity contribution in [3.63, 3.8) is 0 Å². The number of anilines is 2. The molecule has 1 saturated heterocycles. The van der Waals surface area contributed by atoms with Crippen LogP contribution in [-0.2, 0) is 4.79 Å². The van der Waals surface area contributed by atoms with E-state index < -0.39 is 0 Å². The Morgan fingerprint density at radius 2 is 1.73 bits per heavy atom. The van der Waals surface area contributed by atoms with Gasteiger partial charge in [0.15, 0.2) is 0 Å². The highest BCUT2D eigenvalue weighted by Gasteiger charge is 2.35. The number of nitrogens with zero attached hydrogens (tertiary/aromatic N) is 5. The van der Waals surface area contributed by atoms with Gasteiger partial charge in [0, 0.05) is 31.1 Å². The van der Waals surface area contributed by atoms with E-state index in [1.165, 1.54) is 19.3 Å². The second-order valence-corrected chi connectivity index (χ2v) is 7.03. The first-order chi connectivity index (χ1) is 12.8. The van der Waals surface area contributed by atoms with Crippen LogP contribution in [0.4, 0.5) is 11.9 Å². The van der Waals surface area contributed by atoms with Gasteiger partial charge in [-0.1, -0.05) is 19.3 Å². The van der Waals surface area contributed by atoms with Gasteiger partial charge < -0.3 is 4.90 Å². The maximum atomic E-state index is 13.0. The molecule has 2 fully saturated rings. The number of rotatable bonds is 4. The van der Waals surface area contributed by atoms with E-state index in [0.29, 0.717) is 17.8 Å². The van der Waals surface area contributed by atoms with Crippen molar-refractivity contribution in [2.45, 2.75) is 51.0 Å². The Morgan fingerprint density at radius 1 is 0.962 bits per heavy atom. The van der Waals surface area contributed by atoms with E-state index in [1.54, 1.807) is 24.7 Å². The third-order valence-corrected chi connectivity index (χ3v) is 5.30. The van der Waals surface area contributed by atoms with Crippen molar-refractivity contribution in [1.82, 2.24) is 24.8 Å².